The highest BCUT2D eigenvalue weighted by Gasteiger charge is 2.40. The summed E-state index contributed by atoms with van der Waals surface area (Å²) in [4.78, 5) is 24.7. The molecule has 4 heteroatoms. The van der Waals surface area contributed by atoms with E-state index in [-0.39, 0.29) is 0 Å². The zero-order valence-electron chi connectivity index (χ0n) is 11.7. The first kappa shape index (κ1) is 12.6. The molecule has 1 heterocycles. The van der Waals surface area contributed by atoms with Gasteiger partial charge in [-0.2, -0.15) is 0 Å². The molecule has 0 spiro atoms. The van der Waals surface area contributed by atoms with Gasteiger partial charge in [-0.1, -0.05) is 49.0 Å². The number of anilines is 1. The van der Waals surface area contributed by atoms with E-state index in [0.29, 0.717) is 22.5 Å². The Morgan fingerprint density at radius 2 is 1.45 bits per heavy atom. The van der Waals surface area contributed by atoms with E-state index < -0.39 is 11.6 Å². The summed E-state index contributed by atoms with van der Waals surface area (Å²) in [6.45, 7) is 3.89. The van der Waals surface area contributed by atoms with Crippen LogP contribution < -0.4 is 10.4 Å². The quantitative estimate of drug-likeness (QED) is 0.820. The molecule has 106 valence electrons. The van der Waals surface area contributed by atoms with Crippen molar-refractivity contribution in [3.63, 3.8) is 0 Å². The van der Waals surface area contributed by atoms with E-state index in [4.69, 9.17) is 0 Å². The molecule has 0 saturated heterocycles. The number of hydrogen-bond acceptors (Lipinski definition) is 4. The van der Waals surface area contributed by atoms with E-state index in [1.165, 1.54) is 0 Å². The number of hydrogen-bond donors (Lipinski definition) is 1. The van der Waals surface area contributed by atoms with Crippen LogP contribution in [-0.4, -0.2) is 11.6 Å². The summed E-state index contributed by atoms with van der Waals surface area (Å²) in [7, 11) is 0. The van der Waals surface area contributed by atoms with Gasteiger partial charge in [-0.25, -0.2) is 0 Å². The van der Waals surface area contributed by atoms with Crippen molar-refractivity contribution in [1.82, 2.24) is 5.43 Å². The second-order valence-electron chi connectivity index (χ2n) is 5.19. The lowest BCUT2D eigenvalue weighted by atomic mass is 9.87. The number of nitrogens with zero attached hydrogens (tertiary/aromatic N) is 1. The fourth-order valence-corrected chi connectivity index (χ4v) is 2.90. The van der Waals surface area contributed by atoms with Crippen LogP contribution in [0.5, 0.6) is 0 Å². The van der Waals surface area contributed by atoms with E-state index in [0.717, 1.165) is 11.3 Å². The maximum Gasteiger partial charge on any atom is 0.237 e. The number of carbonyl (C=O) groups excluding carboxylic acids is 2. The van der Waals surface area contributed by atoms with Crippen molar-refractivity contribution in [3.8, 4) is 0 Å². The number of benzene rings is 2. The van der Waals surface area contributed by atoms with Crippen molar-refractivity contribution < 1.29 is 9.59 Å². The van der Waals surface area contributed by atoms with Crippen molar-refractivity contribution in [2.24, 2.45) is 0 Å². The van der Waals surface area contributed by atoms with Crippen LogP contribution in [0.1, 0.15) is 15.9 Å². The number of Topliss-reactive ketones (excluding diaryl/α,β-unsaturated/α-hetero) is 2. The third-order valence-electron chi connectivity index (χ3n) is 3.88. The zero-order chi connectivity index (χ0) is 15.3. The van der Waals surface area contributed by atoms with E-state index in [1.807, 2.05) is 42.5 Å². The number of hydrazine groups is 1. The zero-order valence-corrected chi connectivity index (χ0v) is 11.7. The number of para-hydroxylation sites is 1. The summed E-state index contributed by atoms with van der Waals surface area (Å²) in [5.74, 6) is -0.989. The molecule has 2 aromatic carbocycles. The second-order valence-corrected chi connectivity index (χ2v) is 5.19. The van der Waals surface area contributed by atoms with Gasteiger partial charge in [0.25, 0.3) is 0 Å². The topological polar surface area (TPSA) is 49.4 Å². The maximum atomic E-state index is 12.4. The Morgan fingerprint density at radius 3 is 2.18 bits per heavy atom. The van der Waals surface area contributed by atoms with Gasteiger partial charge in [0.2, 0.25) is 11.6 Å². The normalized spacial score (nSPS) is 16.5. The monoisotopic (exact) mass is 288 g/mol. The van der Waals surface area contributed by atoms with Crippen LogP contribution in [0.15, 0.2) is 72.4 Å². The molecule has 0 saturated carbocycles. The number of nitrogens with one attached hydrogen (secondary N) is 1. The molecule has 0 unspecified atom stereocenters. The van der Waals surface area contributed by atoms with Gasteiger partial charge in [-0.15, -0.1) is 0 Å². The molecule has 0 fully saturated rings. The van der Waals surface area contributed by atoms with Gasteiger partial charge >= 0.3 is 0 Å². The van der Waals surface area contributed by atoms with Crippen LogP contribution in [0.4, 0.5) is 5.69 Å². The molecule has 2 aliphatic rings. The summed E-state index contributed by atoms with van der Waals surface area (Å²) < 4.78 is 0. The lowest BCUT2D eigenvalue weighted by Crippen LogP contribution is -2.30. The molecule has 0 bridgehead atoms. The number of fused-ring (bicyclic) bond motifs is 2. The predicted molar refractivity (Wildman–Crippen MR) is 83.9 cm³/mol. The highest BCUT2D eigenvalue weighted by Crippen LogP contribution is 2.39. The van der Waals surface area contributed by atoms with Crippen molar-refractivity contribution in [2.75, 3.05) is 5.01 Å². The number of allylic oxidation sites excluding steroid dienone is 1. The minimum Gasteiger partial charge on any atom is -0.294 e. The van der Waals surface area contributed by atoms with Crippen molar-refractivity contribution in [2.45, 2.75) is 0 Å². The summed E-state index contributed by atoms with van der Waals surface area (Å²) in [6.07, 6.45) is 0. The minimum atomic E-state index is -0.510. The average Bonchev–Trinajstić information content (AvgIpc) is 2.91. The molecule has 0 radical (unpaired) electrons. The smallest absolute Gasteiger partial charge is 0.237 e. The van der Waals surface area contributed by atoms with Crippen molar-refractivity contribution in [3.05, 3.63) is 83.6 Å². The molecule has 0 amide bonds. The third-order valence-corrected chi connectivity index (χ3v) is 3.88. The summed E-state index contributed by atoms with van der Waals surface area (Å²) in [5.41, 5.74) is 6.65. The Morgan fingerprint density at radius 1 is 0.818 bits per heavy atom. The Hall–Kier alpha value is -3.14. The maximum absolute atomic E-state index is 12.4. The molecular weight excluding hydrogens is 276 g/mol. The molecule has 0 aromatic heterocycles. The number of carbonyl (C=O) groups is 2. The molecule has 22 heavy (non-hydrogen) atoms. The van der Waals surface area contributed by atoms with Gasteiger partial charge in [-0.05, 0) is 12.1 Å². The highest BCUT2D eigenvalue weighted by atomic mass is 16.2. The summed E-state index contributed by atoms with van der Waals surface area (Å²) in [5, 5.41) is 1.81. The Bertz CT molecular complexity index is 866. The van der Waals surface area contributed by atoms with Crippen LogP contribution in [0.2, 0.25) is 0 Å². The molecule has 4 rings (SSSR count). The number of ketones is 2. The summed E-state index contributed by atoms with van der Waals surface area (Å²) in [6, 6.07) is 16.8. The molecule has 0 atom stereocenters. The molecule has 2 aromatic rings. The first-order chi connectivity index (χ1) is 10.7. The Balaban J connectivity index is 1.99. The van der Waals surface area contributed by atoms with Gasteiger partial charge in [0.15, 0.2) is 0 Å². The SMILES string of the molecule is C=C1NN(c2ccccc2)C2=C1C(=O)C(=O)c1ccccc12. The van der Waals surface area contributed by atoms with Crippen molar-refractivity contribution >= 4 is 23.0 Å². The van der Waals surface area contributed by atoms with Crippen LogP contribution in [0.3, 0.4) is 0 Å². The first-order valence-electron chi connectivity index (χ1n) is 6.92. The van der Waals surface area contributed by atoms with Gasteiger partial charge in [0.1, 0.15) is 0 Å². The van der Waals surface area contributed by atoms with Crippen LogP contribution >= 0.6 is 0 Å². The molecule has 1 N–H and O–H groups in total. The van der Waals surface area contributed by atoms with Gasteiger partial charge in [-0.3, -0.25) is 20.0 Å². The molecule has 1 aliphatic carbocycles. The van der Waals surface area contributed by atoms with Gasteiger partial charge < -0.3 is 0 Å². The van der Waals surface area contributed by atoms with Gasteiger partial charge in [0, 0.05) is 11.1 Å². The number of rotatable bonds is 1. The lowest BCUT2D eigenvalue weighted by Gasteiger charge is -2.25. The fourth-order valence-electron chi connectivity index (χ4n) is 2.90. The van der Waals surface area contributed by atoms with Crippen LogP contribution in [0.25, 0.3) is 5.70 Å². The average molecular weight is 288 g/mol. The van der Waals surface area contributed by atoms with Gasteiger partial charge in [0.05, 0.1) is 22.7 Å². The highest BCUT2D eigenvalue weighted by molar-refractivity contribution is 6.54. The predicted octanol–water partition coefficient (Wildman–Crippen LogP) is 2.70. The second kappa shape index (κ2) is 4.43. The van der Waals surface area contributed by atoms with E-state index in [9.17, 15) is 9.59 Å². The lowest BCUT2D eigenvalue weighted by molar-refractivity contribution is -0.111. The molecule has 1 aliphatic heterocycles. The fraction of sp³-hybridized carbons (Fsp3) is 0. The third kappa shape index (κ3) is 1.58. The first-order valence-corrected chi connectivity index (χ1v) is 6.92. The van der Waals surface area contributed by atoms with Crippen LogP contribution in [-0.2, 0) is 4.79 Å². The molecule has 4 nitrogen and oxygen atoms in total. The Labute approximate surface area is 127 Å². The molecular formula is C18H12N2O2. The van der Waals surface area contributed by atoms with Crippen LogP contribution in [0, 0.1) is 0 Å². The summed E-state index contributed by atoms with van der Waals surface area (Å²) >= 11 is 0. The standard InChI is InChI=1S/C18H12N2O2/c1-11-15-16(20(19-11)12-7-3-2-4-8-12)13-9-5-6-10-14(13)17(21)18(15)22/h2-10,19H,1H2. The Kier molecular flexibility index (Phi) is 2.53. The van der Waals surface area contributed by atoms with Crippen molar-refractivity contribution in [1.29, 1.82) is 0 Å². The largest absolute Gasteiger partial charge is 0.294 e. The van der Waals surface area contributed by atoms with E-state index in [2.05, 4.69) is 12.0 Å². The van der Waals surface area contributed by atoms with E-state index in [1.54, 1.807) is 17.1 Å². The minimum absolute atomic E-state index is 0.354. The van der Waals surface area contributed by atoms with E-state index >= 15 is 0 Å².